The van der Waals surface area contributed by atoms with Crippen LogP contribution >= 0.6 is 0 Å². The fraction of sp³-hybridized carbons (Fsp3) is 0.615. The smallest absolute Gasteiger partial charge is 0.140 e. The number of hydrogen-bond donors (Lipinski definition) is 2. The van der Waals surface area contributed by atoms with Crippen LogP contribution in [-0.2, 0) is 11.3 Å². The second-order valence-corrected chi connectivity index (χ2v) is 4.80. The summed E-state index contributed by atoms with van der Waals surface area (Å²) in [6.45, 7) is 2.93. The van der Waals surface area contributed by atoms with E-state index in [1.165, 1.54) is 25.7 Å². The van der Waals surface area contributed by atoms with Gasteiger partial charge in [0.05, 0.1) is 12.7 Å². The number of nitrogens with two attached hydrogens (primary N) is 1. The number of aromatic nitrogens is 1. The van der Waals surface area contributed by atoms with Crippen LogP contribution in [0.15, 0.2) is 18.3 Å². The van der Waals surface area contributed by atoms with Gasteiger partial charge in [-0.15, -0.1) is 0 Å². The molecule has 1 aromatic heterocycles. The lowest BCUT2D eigenvalue weighted by atomic mass is 9.88. The molecule has 94 valence electrons. The summed E-state index contributed by atoms with van der Waals surface area (Å²) in [7, 11) is 0. The van der Waals surface area contributed by atoms with Crippen molar-refractivity contribution in [3.63, 3.8) is 0 Å². The molecular weight excluding hydrogens is 214 g/mol. The molecule has 1 fully saturated rings. The molecule has 0 aromatic carbocycles. The van der Waals surface area contributed by atoms with Gasteiger partial charge in [-0.05, 0) is 36.5 Å². The van der Waals surface area contributed by atoms with E-state index in [0.29, 0.717) is 24.4 Å². The highest BCUT2D eigenvalue weighted by molar-refractivity contribution is 5.35. The third kappa shape index (κ3) is 3.41. The van der Waals surface area contributed by atoms with Crippen LogP contribution in [0.1, 0.15) is 38.2 Å². The average molecular weight is 235 g/mol. The molecule has 2 unspecified atom stereocenters. The summed E-state index contributed by atoms with van der Waals surface area (Å²) in [5.74, 6) is 6.69. The Balaban J connectivity index is 1.88. The van der Waals surface area contributed by atoms with Gasteiger partial charge in [-0.3, -0.25) is 0 Å². The van der Waals surface area contributed by atoms with E-state index in [1.54, 1.807) is 6.20 Å². The molecule has 3 N–H and O–H groups in total. The second-order valence-electron chi connectivity index (χ2n) is 4.80. The molecule has 4 nitrogen and oxygen atoms in total. The van der Waals surface area contributed by atoms with Gasteiger partial charge < -0.3 is 10.2 Å². The fourth-order valence-electron chi connectivity index (χ4n) is 2.38. The van der Waals surface area contributed by atoms with E-state index in [0.717, 1.165) is 5.56 Å². The Morgan fingerprint density at radius 3 is 3.06 bits per heavy atom. The molecular formula is C13H21N3O. The van der Waals surface area contributed by atoms with Gasteiger partial charge in [0.2, 0.25) is 0 Å². The van der Waals surface area contributed by atoms with Crippen molar-refractivity contribution in [2.45, 2.75) is 45.3 Å². The molecule has 1 aliphatic carbocycles. The maximum atomic E-state index is 5.98. The Morgan fingerprint density at radius 1 is 1.47 bits per heavy atom. The van der Waals surface area contributed by atoms with Crippen molar-refractivity contribution in [1.82, 2.24) is 4.98 Å². The maximum absolute atomic E-state index is 5.98. The number of ether oxygens (including phenoxy) is 1. The van der Waals surface area contributed by atoms with Gasteiger partial charge in [0, 0.05) is 6.20 Å². The number of nitrogen functional groups attached to an aromatic ring is 1. The number of nitrogens with zero attached hydrogens (tertiary/aromatic N) is 1. The first-order valence-electron chi connectivity index (χ1n) is 6.32. The molecule has 1 aromatic rings. The molecule has 4 heteroatoms. The van der Waals surface area contributed by atoms with E-state index >= 15 is 0 Å². The Morgan fingerprint density at radius 2 is 2.29 bits per heavy atom. The summed E-state index contributed by atoms with van der Waals surface area (Å²) >= 11 is 0. The number of nitrogens with one attached hydrogen (secondary N) is 1. The van der Waals surface area contributed by atoms with E-state index < -0.39 is 0 Å². The highest BCUT2D eigenvalue weighted by atomic mass is 16.5. The number of pyridine rings is 1. The van der Waals surface area contributed by atoms with Crippen LogP contribution in [0.25, 0.3) is 0 Å². The first kappa shape index (κ1) is 12.3. The van der Waals surface area contributed by atoms with Crippen molar-refractivity contribution in [2.75, 3.05) is 5.43 Å². The molecule has 0 radical (unpaired) electrons. The van der Waals surface area contributed by atoms with Crippen molar-refractivity contribution >= 4 is 5.82 Å². The minimum atomic E-state index is 0.409. The normalized spacial score (nSPS) is 24.6. The third-order valence-corrected chi connectivity index (χ3v) is 3.47. The maximum Gasteiger partial charge on any atom is 0.140 e. The third-order valence-electron chi connectivity index (χ3n) is 3.47. The van der Waals surface area contributed by atoms with Gasteiger partial charge in [0.1, 0.15) is 5.82 Å². The number of rotatable bonds is 4. The Bertz CT molecular complexity index is 356. The van der Waals surface area contributed by atoms with Crippen LogP contribution in [0.3, 0.4) is 0 Å². The minimum Gasteiger partial charge on any atom is -0.373 e. The molecule has 2 atom stereocenters. The Kier molecular flexibility index (Phi) is 4.34. The molecule has 17 heavy (non-hydrogen) atoms. The number of hydrogen-bond acceptors (Lipinski definition) is 4. The summed E-state index contributed by atoms with van der Waals surface area (Å²) in [5.41, 5.74) is 3.66. The summed E-state index contributed by atoms with van der Waals surface area (Å²) < 4.78 is 5.98. The minimum absolute atomic E-state index is 0.409. The van der Waals surface area contributed by atoms with Gasteiger partial charge in [0.25, 0.3) is 0 Å². The molecule has 0 spiro atoms. The van der Waals surface area contributed by atoms with Crippen molar-refractivity contribution in [3.8, 4) is 0 Å². The summed E-state index contributed by atoms with van der Waals surface area (Å²) in [6, 6.07) is 3.89. The van der Waals surface area contributed by atoms with E-state index in [2.05, 4.69) is 17.3 Å². The van der Waals surface area contributed by atoms with Gasteiger partial charge >= 0.3 is 0 Å². The SMILES string of the molecule is CC1CCCCC1OCc1ccnc(NN)c1. The highest BCUT2D eigenvalue weighted by Crippen LogP contribution is 2.27. The lowest BCUT2D eigenvalue weighted by Gasteiger charge is -2.28. The van der Waals surface area contributed by atoms with Crippen LogP contribution in [0.5, 0.6) is 0 Å². The zero-order chi connectivity index (χ0) is 12.1. The second kappa shape index (κ2) is 5.98. The molecule has 1 saturated carbocycles. The monoisotopic (exact) mass is 235 g/mol. The van der Waals surface area contributed by atoms with Crippen molar-refractivity contribution in [1.29, 1.82) is 0 Å². The van der Waals surface area contributed by atoms with E-state index in [9.17, 15) is 0 Å². The van der Waals surface area contributed by atoms with Crippen LogP contribution in [0.4, 0.5) is 5.82 Å². The van der Waals surface area contributed by atoms with Crippen molar-refractivity contribution in [3.05, 3.63) is 23.9 Å². The van der Waals surface area contributed by atoms with E-state index in [-0.39, 0.29) is 0 Å². The predicted molar refractivity (Wildman–Crippen MR) is 68.3 cm³/mol. The van der Waals surface area contributed by atoms with E-state index in [1.807, 2.05) is 12.1 Å². The van der Waals surface area contributed by atoms with Gasteiger partial charge in [0.15, 0.2) is 0 Å². The lowest BCUT2D eigenvalue weighted by Crippen LogP contribution is -2.25. The first-order valence-corrected chi connectivity index (χ1v) is 6.32. The summed E-state index contributed by atoms with van der Waals surface area (Å²) in [6.07, 6.45) is 7.27. The predicted octanol–water partition coefficient (Wildman–Crippen LogP) is 2.46. The van der Waals surface area contributed by atoms with Crippen molar-refractivity contribution < 1.29 is 4.74 Å². The van der Waals surface area contributed by atoms with Gasteiger partial charge in [-0.2, -0.15) is 0 Å². The summed E-state index contributed by atoms with van der Waals surface area (Å²) in [4.78, 5) is 4.08. The molecule has 0 saturated heterocycles. The highest BCUT2D eigenvalue weighted by Gasteiger charge is 2.21. The van der Waals surface area contributed by atoms with E-state index in [4.69, 9.17) is 10.6 Å². The Labute approximate surface area is 103 Å². The van der Waals surface area contributed by atoms with Crippen LogP contribution < -0.4 is 11.3 Å². The molecule has 1 heterocycles. The fourth-order valence-corrected chi connectivity index (χ4v) is 2.38. The zero-order valence-electron chi connectivity index (χ0n) is 10.4. The standard InChI is InChI=1S/C13H21N3O/c1-10-4-2-3-5-12(10)17-9-11-6-7-15-13(8-11)16-14/h6-8,10,12H,2-5,9,14H2,1H3,(H,15,16). The van der Waals surface area contributed by atoms with Crippen LogP contribution in [0.2, 0.25) is 0 Å². The average Bonchev–Trinajstić information content (AvgIpc) is 2.38. The van der Waals surface area contributed by atoms with Gasteiger partial charge in [-0.25, -0.2) is 10.8 Å². The Hall–Kier alpha value is -1.13. The zero-order valence-corrected chi connectivity index (χ0v) is 10.4. The molecule has 2 rings (SSSR count). The molecule has 0 amide bonds. The topological polar surface area (TPSA) is 60.2 Å². The lowest BCUT2D eigenvalue weighted by molar-refractivity contribution is -0.0154. The number of anilines is 1. The van der Waals surface area contributed by atoms with Crippen LogP contribution in [0, 0.1) is 5.92 Å². The van der Waals surface area contributed by atoms with Crippen molar-refractivity contribution in [2.24, 2.45) is 11.8 Å². The van der Waals surface area contributed by atoms with Crippen LogP contribution in [-0.4, -0.2) is 11.1 Å². The van der Waals surface area contributed by atoms with Gasteiger partial charge in [-0.1, -0.05) is 19.8 Å². The molecule has 0 bridgehead atoms. The molecule has 1 aliphatic rings. The number of hydrazine groups is 1. The summed E-state index contributed by atoms with van der Waals surface area (Å²) in [5, 5.41) is 0. The molecule has 0 aliphatic heterocycles. The quantitative estimate of drug-likeness (QED) is 0.621. The first-order chi connectivity index (χ1) is 8.29. The largest absolute Gasteiger partial charge is 0.373 e.